The minimum atomic E-state index is 0.453. The van der Waals surface area contributed by atoms with Gasteiger partial charge in [0.2, 0.25) is 0 Å². The van der Waals surface area contributed by atoms with Crippen molar-refractivity contribution in [1.29, 1.82) is 0 Å². The highest BCUT2D eigenvalue weighted by Gasteiger charge is 2.12. The molecular weight excluding hydrogens is 276 g/mol. The van der Waals surface area contributed by atoms with Crippen molar-refractivity contribution in [3.63, 3.8) is 0 Å². The Kier molecular flexibility index (Phi) is 3.26. The lowest BCUT2D eigenvalue weighted by Gasteiger charge is -2.08. The standard InChI is InChI=1S/C14H14N2OS2/c1-8(6-15)7-17-11-5-12-13(16-9(2)19-12)14-10(11)3-4-18-14/h3-5H,1,6-7,15H2,2H3. The zero-order valence-corrected chi connectivity index (χ0v) is 12.2. The third-order valence-electron chi connectivity index (χ3n) is 2.89. The average molecular weight is 290 g/mol. The molecule has 2 N–H and O–H groups in total. The fraction of sp³-hybridized carbons (Fsp3) is 0.214. The summed E-state index contributed by atoms with van der Waals surface area (Å²) in [6, 6.07) is 4.15. The molecule has 0 saturated carbocycles. The summed E-state index contributed by atoms with van der Waals surface area (Å²) in [6.45, 7) is 6.81. The first-order chi connectivity index (χ1) is 9.19. The Morgan fingerprint density at radius 2 is 2.37 bits per heavy atom. The maximum absolute atomic E-state index is 5.85. The van der Waals surface area contributed by atoms with Gasteiger partial charge < -0.3 is 10.5 Å². The van der Waals surface area contributed by atoms with E-state index in [0.29, 0.717) is 13.2 Å². The molecule has 5 heteroatoms. The second-order valence-corrected chi connectivity index (χ2v) is 6.51. The zero-order valence-electron chi connectivity index (χ0n) is 10.6. The highest BCUT2D eigenvalue weighted by Crippen LogP contribution is 2.38. The Bertz CT molecular complexity index is 757. The first kappa shape index (κ1) is 12.6. The number of fused-ring (bicyclic) bond motifs is 3. The van der Waals surface area contributed by atoms with Gasteiger partial charge in [-0.3, -0.25) is 0 Å². The lowest BCUT2D eigenvalue weighted by Crippen LogP contribution is -2.09. The van der Waals surface area contributed by atoms with E-state index in [1.54, 1.807) is 22.7 Å². The van der Waals surface area contributed by atoms with Gasteiger partial charge in [-0.05, 0) is 23.9 Å². The van der Waals surface area contributed by atoms with Crippen LogP contribution in [-0.4, -0.2) is 18.1 Å². The molecule has 0 aliphatic carbocycles. The summed E-state index contributed by atoms with van der Waals surface area (Å²) in [7, 11) is 0. The summed E-state index contributed by atoms with van der Waals surface area (Å²) in [6.07, 6.45) is 0. The predicted molar refractivity (Wildman–Crippen MR) is 83.4 cm³/mol. The first-order valence-electron chi connectivity index (χ1n) is 5.96. The number of hydrogen-bond donors (Lipinski definition) is 1. The van der Waals surface area contributed by atoms with Crippen LogP contribution in [0.4, 0.5) is 0 Å². The van der Waals surface area contributed by atoms with Gasteiger partial charge >= 0.3 is 0 Å². The summed E-state index contributed by atoms with van der Waals surface area (Å²) < 4.78 is 8.21. The summed E-state index contributed by atoms with van der Waals surface area (Å²) in [5.74, 6) is 0.891. The van der Waals surface area contributed by atoms with Crippen molar-refractivity contribution >= 4 is 43.0 Å². The molecule has 0 spiro atoms. The van der Waals surface area contributed by atoms with Gasteiger partial charge in [0.25, 0.3) is 0 Å². The van der Waals surface area contributed by atoms with Gasteiger partial charge in [0, 0.05) is 18.0 Å². The van der Waals surface area contributed by atoms with Crippen molar-refractivity contribution in [3.8, 4) is 5.75 Å². The van der Waals surface area contributed by atoms with Gasteiger partial charge in [0.15, 0.2) is 0 Å². The Balaban J connectivity index is 2.10. The van der Waals surface area contributed by atoms with Gasteiger partial charge in [-0.1, -0.05) is 6.58 Å². The highest BCUT2D eigenvalue weighted by atomic mass is 32.1. The van der Waals surface area contributed by atoms with Gasteiger partial charge in [0.05, 0.1) is 19.9 Å². The van der Waals surface area contributed by atoms with E-state index in [0.717, 1.165) is 27.2 Å². The minimum Gasteiger partial charge on any atom is -0.488 e. The highest BCUT2D eigenvalue weighted by molar-refractivity contribution is 7.21. The molecule has 0 bridgehead atoms. The number of benzene rings is 1. The SMILES string of the molecule is C=C(CN)COc1cc2sc(C)nc2c2sccc12. The second-order valence-electron chi connectivity index (χ2n) is 4.36. The summed E-state index contributed by atoms with van der Waals surface area (Å²) in [5.41, 5.74) is 7.51. The molecule has 3 nitrogen and oxygen atoms in total. The normalized spacial score (nSPS) is 11.3. The maximum atomic E-state index is 5.85. The van der Waals surface area contributed by atoms with Gasteiger partial charge in [-0.15, -0.1) is 22.7 Å². The number of rotatable bonds is 4. The number of hydrogen-bond acceptors (Lipinski definition) is 5. The fourth-order valence-electron chi connectivity index (χ4n) is 1.94. The first-order valence-corrected chi connectivity index (χ1v) is 7.65. The molecule has 2 heterocycles. The van der Waals surface area contributed by atoms with Crippen molar-refractivity contribution in [2.45, 2.75) is 6.92 Å². The van der Waals surface area contributed by atoms with Crippen molar-refractivity contribution in [1.82, 2.24) is 4.98 Å². The van der Waals surface area contributed by atoms with E-state index in [9.17, 15) is 0 Å². The van der Waals surface area contributed by atoms with Crippen LogP contribution >= 0.6 is 22.7 Å². The number of aromatic nitrogens is 1. The molecule has 0 aliphatic heterocycles. The van der Waals surface area contributed by atoms with Crippen molar-refractivity contribution in [2.75, 3.05) is 13.2 Å². The largest absolute Gasteiger partial charge is 0.488 e. The predicted octanol–water partition coefficient (Wildman–Crippen LogP) is 3.71. The number of nitrogens with zero attached hydrogens (tertiary/aromatic N) is 1. The third kappa shape index (κ3) is 2.25. The Labute approximate surface area is 119 Å². The topological polar surface area (TPSA) is 48.1 Å². The molecule has 0 amide bonds. The van der Waals surface area contributed by atoms with Crippen LogP contribution in [0.25, 0.3) is 20.3 Å². The Morgan fingerprint density at radius 3 is 3.16 bits per heavy atom. The fourth-order valence-corrected chi connectivity index (χ4v) is 3.78. The molecule has 0 aliphatic rings. The van der Waals surface area contributed by atoms with Crippen LogP contribution < -0.4 is 10.5 Å². The summed E-state index contributed by atoms with van der Waals surface area (Å²) in [5, 5.41) is 4.27. The second kappa shape index (κ2) is 4.92. The number of thiazole rings is 1. The number of thiophene rings is 1. The lowest BCUT2D eigenvalue weighted by molar-refractivity contribution is 0.355. The Morgan fingerprint density at radius 1 is 1.53 bits per heavy atom. The molecule has 19 heavy (non-hydrogen) atoms. The van der Waals surface area contributed by atoms with Crippen LogP contribution in [0.15, 0.2) is 29.7 Å². The maximum Gasteiger partial charge on any atom is 0.130 e. The van der Waals surface area contributed by atoms with E-state index >= 15 is 0 Å². The minimum absolute atomic E-state index is 0.453. The molecular formula is C14H14N2OS2. The quantitative estimate of drug-likeness (QED) is 0.745. The number of nitrogens with two attached hydrogens (primary N) is 1. The zero-order chi connectivity index (χ0) is 13.4. The molecule has 3 rings (SSSR count). The van der Waals surface area contributed by atoms with Crippen LogP contribution in [0, 0.1) is 6.92 Å². The Hall–Kier alpha value is -1.43. The smallest absolute Gasteiger partial charge is 0.130 e. The molecule has 0 fully saturated rings. The van der Waals surface area contributed by atoms with Crippen LogP contribution in [0.5, 0.6) is 5.75 Å². The van der Waals surface area contributed by atoms with Crippen molar-refractivity contribution < 1.29 is 4.74 Å². The van der Waals surface area contributed by atoms with E-state index in [2.05, 4.69) is 29.1 Å². The van der Waals surface area contributed by atoms with Crippen LogP contribution in [0.1, 0.15) is 5.01 Å². The molecule has 0 unspecified atom stereocenters. The monoisotopic (exact) mass is 290 g/mol. The molecule has 98 valence electrons. The van der Waals surface area contributed by atoms with E-state index in [1.807, 2.05) is 6.92 Å². The molecule has 0 radical (unpaired) electrons. The molecule has 0 atom stereocenters. The molecule has 3 aromatic rings. The van der Waals surface area contributed by atoms with Crippen molar-refractivity contribution in [2.24, 2.45) is 5.73 Å². The third-order valence-corrected chi connectivity index (χ3v) is 4.73. The molecule has 0 saturated heterocycles. The van der Waals surface area contributed by atoms with E-state index in [4.69, 9.17) is 10.5 Å². The molecule has 2 aromatic heterocycles. The number of ether oxygens (including phenoxy) is 1. The van der Waals surface area contributed by atoms with E-state index in [-0.39, 0.29) is 0 Å². The van der Waals surface area contributed by atoms with Gasteiger partial charge in [-0.25, -0.2) is 4.98 Å². The molecule has 1 aromatic carbocycles. The van der Waals surface area contributed by atoms with E-state index in [1.165, 1.54) is 9.40 Å². The van der Waals surface area contributed by atoms with Gasteiger partial charge in [0.1, 0.15) is 12.4 Å². The van der Waals surface area contributed by atoms with Crippen LogP contribution in [0.2, 0.25) is 0 Å². The van der Waals surface area contributed by atoms with E-state index < -0.39 is 0 Å². The number of aryl methyl sites for hydroxylation is 1. The van der Waals surface area contributed by atoms with Crippen LogP contribution in [-0.2, 0) is 0 Å². The lowest BCUT2D eigenvalue weighted by atomic mass is 10.2. The summed E-state index contributed by atoms with van der Waals surface area (Å²) in [4.78, 5) is 4.60. The van der Waals surface area contributed by atoms with Gasteiger partial charge in [-0.2, -0.15) is 0 Å². The van der Waals surface area contributed by atoms with Crippen molar-refractivity contribution in [3.05, 3.63) is 34.7 Å². The van der Waals surface area contributed by atoms with Crippen LogP contribution in [0.3, 0.4) is 0 Å². The summed E-state index contributed by atoms with van der Waals surface area (Å²) >= 11 is 3.39. The average Bonchev–Trinajstić information content (AvgIpc) is 3.00.